The van der Waals surface area contributed by atoms with E-state index in [0.717, 1.165) is 25.0 Å². The summed E-state index contributed by atoms with van der Waals surface area (Å²) in [5.41, 5.74) is 1.54. The second kappa shape index (κ2) is 11.1. The van der Waals surface area contributed by atoms with Gasteiger partial charge in [0.15, 0.2) is 5.96 Å². The summed E-state index contributed by atoms with van der Waals surface area (Å²) in [4.78, 5) is 4.19. The monoisotopic (exact) mass is 501 g/mol. The zero-order chi connectivity index (χ0) is 19.0. The van der Waals surface area contributed by atoms with Crippen LogP contribution >= 0.6 is 24.0 Å². The van der Waals surface area contributed by atoms with Crippen molar-refractivity contribution in [1.82, 2.24) is 10.6 Å². The molecule has 0 amide bonds. The van der Waals surface area contributed by atoms with Crippen molar-refractivity contribution in [3.05, 3.63) is 35.4 Å². The van der Waals surface area contributed by atoms with E-state index < -0.39 is 12.8 Å². The van der Waals surface area contributed by atoms with E-state index in [9.17, 15) is 13.2 Å². The maximum absolute atomic E-state index is 12.1. The minimum absolute atomic E-state index is 0. The molecule has 0 radical (unpaired) electrons. The number of ether oxygens (including phenoxy) is 2. The van der Waals surface area contributed by atoms with Gasteiger partial charge in [-0.25, -0.2) is 0 Å². The Labute approximate surface area is 175 Å². The Balaban J connectivity index is 0.00000364. The van der Waals surface area contributed by atoms with E-state index in [2.05, 4.69) is 27.3 Å². The molecule has 0 saturated carbocycles. The predicted molar refractivity (Wildman–Crippen MR) is 109 cm³/mol. The first-order valence-corrected chi connectivity index (χ1v) is 8.60. The first-order valence-electron chi connectivity index (χ1n) is 8.60. The molecule has 1 heterocycles. The van der Waals surface area contributed by atoms with Crippen LogP contribution in [0.1, 0.15) is 30.9 Å². The van der Waals surface area contributed by atoms with Crippen LogP contribution in [-0.2, 0) is 22.6 Å². The predicted octanol–water partition coefficient (Wildman–Crippen LogP) is 3.62. The van der Waals surface area contributed by atoms with Crippen LogP contribution < -0.4 is 10.6 Å². The molecule has 1 aromatic rings. The molecule has 9 heteroatoms. The second-order valence-electron chi connectivity index (χ2n) is 6.61. The maximum Gasteiger partial charge on any atom is 0.411 e. The molecule has 0 aromatic heterocycles. The van der Waals surface area contributed by atoms with Gasteiger partial charge in [0, 0.05) is 26.7 Å². The molecule has 0 bridgehead atoms. The van der Waals surface area contributed by atoms with Gasteiger partial charge in [0.25, 0.3) is 0 Å². The van der Waals surface area contributed by atoms with Gasteiger partial charge >= 0.3 is 6.18 Å². The lowest BCUT2D eigenvalue weighted by atomic mass is 10.0. The Hall–Kier alpha value is -1.07. The average Bonchev–Trinajstić information content (AvgIpc) is 3.02. The Kier molecular flexibility index (Phi) is 9.82. The normalized spacial score (nSPS) is 20.3. The largest absolute Gasteiger partial charge is 0.411 e. The SMILES string of the molecule is CN=C(NCc1ccc(COCC(F)(F)F)cc1)NCC1(C)CCCO1.I. The Morgan fingerprint density at radius 3 is 2.44 bits per heavy atom. The molecule has 1 saturated heterocycles. The molecule has 0 aliphatic carbocycles. The number of guanidine groups is 1. The van der Waals surface area contributed by atoms with Gasteiger partial charge in [0.05, 0.1) is 12.2 Å². The molecule has 154 valence electrons. The summed E-state index contributed by atoms with van der Waals surface area (Å²) in [6, 6.07) is 7.23. The average molecular weight is 501 g/mol. The molecular weight excluding hydrogens is 474 g/mol. The highest BCUT2D eigenvalue weighted by Gasteiger charge is 2.29. The number of aliphatic imine (C=N–C) groups is 1. The van der Waals surface area contributed by atoms with E-state index in [0.29, 0.717) is 24.6 Å². The molecule has 1 aliphatic rings. The summed E-state index contributed by atoms with van der Waals surface area (Å²) in [6.07, 6.45) is -2.20. The molecule has 0 spiro atoms. The number of rotatable bonds is 7. The van der Waals surface area contributed by atoms with Crippen molar-refractivity contribution < 1.29 is 22.6 Å². The number of benzene rings is 1. The standard InChI is InChI=1S/C18H26F3N3O2.HI/c1-17(8-3-9-26-17)12-24-16(22-2)23-10-14-4-6-15(7-5-14)11-25-13-18(19,20)21;/h4-7H,3,8-13H2,1-2H3,(H2,22,23,24);1H. The zero-order valence-electron chi connectivity index (χ0n) is 15.6. The molecule has 2 rings (SSSR count). The summed E-state index contributed by atoms with van der Waals surface area (Å²) in [5, 5.41) is 6.48. The Morgan fingerprint density at radius 1 is 1.22 bits per heavy atom. The number of alkyl halides is 3. The van der Waals surface area contributed by atoms with Crippen molar-refractivity contribution in [1.29, 1.82) is 0 Å². The fourth-order valence-corrected chi connectivity index (χ4v) is 2.69. The molecule has 1 aliphatic heterocycles. The first-order chi connectivity index (χ1) is 12.3. The van der Waals surface area contributed by atoms with Crippen LogP contribution in [0, 0.1) is 0 Å². The minimum Gasteiger partial charge on any atom is -0.373 e. The van der Waals surface area contributed by atoms with Gasteiger partial charge in [-0.05, 0) is 30.9 Å². The number of halogens is 4. The van der Waals surface area contributed by atoms with Gasteiger partial charge in [-0.1, -0.05) is 24.3 Å². The van der Waals surface area contributed by atoms with E-state index >= 15 is 0 Å². The van der Waals surface area contributed by atoms with Gasteiger partial charge in [-0.2, -0.15) is 13.2 Å². The van der Waals surface area contributed by atoms with Gasteiger partial charge in [-0.3, -0.25) is 4.99 Å². The van der Waals surface area contributed by atoms with Gasteiger partial charge in [0.2, 0.25) is 0 Å². The minimum atomic E-state index is -4.30. The summed E-state index contributed by atoms with van der Waals surface area (Å²) < 4.78 is 46.6. The van der Waals surface area contributed by atoms with Crippen LogP contribution in [0.25, 0.3) is 0 Å². The van der Waals surface area contributed by atoms with Crippen LogP contribution in [-0.4, -0.2) is 44.5 Å². The van der Waals surface area contributed by atoms with Crippen molar-refractivity contribution in [2.45, 2.75) is 44.7 Å². The zero-order valence-corrected chi connectivity index (χ0v) is 17.9. The number of nitrogens with one attached hydrogen (secondary N) is 2. The summed E-state index contributed by atoms with van der Waals surface area (Å²) >= 11 is 0. The van der Waals surface area contributed by atoms with E-state index in [-0.39, 0.29) is 36.2 Å². The molecule has 2 N–H and O–H groups in total. The number of hydrogen-bond donors (Lipinski definition) is 2. The fourth-order valence-electron chi connectivity index (χ4n) is 2.69. The van der Waals surface area contributed by atoms with Crippen LogP contribution in [0.4, 0.5) is 13.2 Å². The van der Waals surface area contributed by atoms with E-state index in [1.54, 1.807) is 19.2 Å². The molecule has 1 unspecified atom stereocenters. The second-order valence-corrected chi connectivity index (χ2v) is 6.61. The molecule has 1 aromatic carbocycles. The van der Waals surface area contributed by atoms with E-state index in [1.807, 2.05) is 12.1 Å². The highest BCUT2D eigenvalue weighted by Crippen LogP contribution is 2.23. The highest BCUT2D eigenvalue weighted by molar-refractivity contribution is 14.0. The summed E-state index contributed by atoms with van der Waals surface area (Å²) in [7, 11) is 1.70. The highest BCUT2D eigenvalue weighted by atomic mass is 127. The third-order valence-electron chi connectivity index (χ3n) is 4.17. The van der Waals surface area contributed by atoms with Crippen molar-refractivity contribution in [2.24, 2.45) is 4.99 Å². The molecule has 5 nitrogen and oxygen atoms in total. The molecule has 1 atom stereocenters. The van der Waals surface area contributed by atoms with Crippen LogP contribution in [0.5, 0.6) is 0 Å². The topological polar surface area (TPSA) is 54.9 Å². The van der Waals surface area contributed by atoms with Crippen molar-refractivity contribution >= 4 is 29.9 Å². The van der Waals surface area contributed by atoms with Crippen molar-refractivity contribution in [3.63, 3.8) is 0 Å². The lowest BCUT2D eigenvalue weighted by Crippen LogP contribution is -2.45. The molecule has 1 fully saturated rings. The van der Waals surface area contributed by atoms with Gasteiger partial charge < -0.3 is 20.1 Å². The van der Waals surface area contributed by atoms with E-state index in [4.69, 9.17) is 4.74 Å². The Morgan fingerprint density at radius 2 is 1.89 bits per heavy atom. The summed E-state index contributed by atoms with van der Waals surface area (Å²) in [6.45, 7) is 2.82. The van der Waals surface area contributed by atoms with Gasteiger partial charge in [0.1, 0.15) is 6.61 Å². The molecule has 27 heavy (non-hydrogen) atoms. The van der Waals surface area contributed by atoms with Crippen molar-refractivity contribution in [2.75, 3.05) is 26.8 Å². The third-order valence-corrected chi connectivity index (χ3v) is 4.17. The first kappa shape index (κ1) is 24.0. The fraction of sp³-hybridized carbons (Fsp3) is 0.611. The van der Waals surface area contributed by atoms with Crippen LogP contribution in [0.15, 0.2) is 29.3 Å². The quantitative estimate of drug-likeness (QED) is 0.341. The van der Waals surface area contributed by atoms with Gasteiger partial charge in [-0.15, -0.1) is 24.0 Å². The van der Waals surface area contributed by atoms with Crippen LogP contribution in [0.2, 0.25) is 0 Å². The maximum atomic E-state index is 12.1. The number of nitrogens with zero attached hydrogens (tertiary/aromatic N) is 1. The van der Waals surface area contributed by atoms with Crippen molar-refractivity contribution in [3.8, 4) is 0 Å². The Bertz CT molecular complexity index is 589. The lowest BCUT2D eigenvalue weighted by molar-refractivity contribution is -0.176. The number of hydrogen-bond acceptors (Lipinski definition) is 3. The summed E-state index contributed by atoms with van der Waals surface area (Å²) in [5.74, 6) is 0.680. The van der Waals surface area contributed by atoms with E-state index in [1.165, 1.54) is 0 Å². The smallest absolute Gasteiger partial charge is 0.373 e. The van der Waals surface area contributed by atoms with Crippen LogP contribution in [0.3, 0.4) is 0 Å². The third kappa shape index (κ3) is 9.11. The lowest BCUT2D eigenvalue weighted by Gasteiger charge is -2.24. The molecular formula is C18H27F3IN3O2.